The van der Waals surface area contributed by atoms with Crippen LogP contribution in [-0.2, 0) is 4.74 Å². The number of benzene rings is 1. The van der Waals surface area contributed by atoms with Crippen LogP contribution in [0.1, 0.15) is 64.1 Å². The molecule has 2 aromatic rings. The van der Waals surface area contributed by atoms with Gasteiger partial charge in [0.2, 0.25) is 0 Å². The number of carboxylic acids is 1. The third-order valence-corrected chi connectivity index (χ3v) is 6.20. The molecule has 7 heteroatoms. The van der Waals surface area contributed by atoms with E-state index in [-0.39, 0.29) is 22.2 Å². The molecule has 1 fully saturated rings. The van der Waals surface area contributed by atoms with Crippen LogP contribution in [0.25, 0.3) is 0 Å². The monoisotopic (exact) mass is 459 g/mol. The van der Waals surface area contributed by atoms with E-state index in [4.69, 9.17) is 16.3 Å². The number of nitrogens with zero attached hydrogens (tertiary/aromatic N) is 1. The topological polar surface area (TPSA) is 66.8 Å². The number of thiophene rings is 1. The molecule has 0 unspecified atom stereocenters. The van der Waals surface area contributed by atoms with E-state index < -0.39 is 5.97 Å². The number of ether oxygens (including phenoxy) is 1. The predicted molar refractivity (Wildman–Crippen MR) is 124 cm³/mol. The van der Waals surface area contributed by atoms with Crippen molar-refractivity contribution in [3.63, 3.8) is 0 Å². The second-order valence-corrected chi connectivity index (χ2v) is 10.1. The Morgan fingerprint density at radius 3 is 2.48 bits per heavy atom. The summed E-state index contributed by atoms with van der Waals surface area (Å²) >= 11 is 7.48. The fourth-order valence-corrected chi connectivity index (χ4v) is 4.52. The minimum absolute atomic E-state index is 0.0984. The van der Waals surface area contributed by atoms with Gasteiger partial charge >= 0.3 is 5.97 Å². The van der Waals surface area contributed by atoms with Gasteiger partial charge in [0.25, 0.3) is 5.91 Å². The van der Waals surface area contributed by atoms with Gasteiger partial charge in [0.1, 0.15) is 4.88 Å². The molecule has 0 spiro atoms. The summed E-state index contributed by atoms with van der Waals surface area (Å²) in [5.41, 5.74) is 1.44. The lowest BCUT2D eigenvalue weighted by Gasteiger charge is -2.34. The molecule has 1 aliphatic heterocycles. The van der Waals surface area contributed by atoms with Gasteiger partial charge in [0.05, 0.1) is 21.2 Å². The second kappa shape index (κ2) is 9.44. The molecule has 1 N–H and O–H groups in total. The van der Waals surface area contributed by atoms with Gasteiger partial charge in [-0.25, -0.2) is 4.79 Å². The molecular weight excluding hydrogens is 434 g/mol. The van der Waals surface area contributed by atoms with Crippen LogP contribution in [0.4, 0.5) is 5.69 Å². The summed E-state index contributed by atoms with van der Waals surface area (Å²) in [6.45, 7) is 8.90. The van der Waals surface area contributed by atoms with Gasteiger partial charge < -0.3 is 14.7 Å². The predicted octanol–water partition coefficient (Wildman–Crippen LogP) is 5.63. The summed E-state index contributed by atoms with van der Waals surface area (Å²) < 4.78 is 5.47. The highest BCUT2D eigenvalue weighted by atomic mass is 35.5. The lowest BCUT2D eigenvalue weighted by molar-refractivity contribution is 0.0701. The Kier molecular flexibility index (Phi) is 7.10. The van der Waals surface area contributed by atoms with Crippen molar-refractivity contribution >= 4 is 40.5 Å². The van der Waals surface area contributed by atoms with Crippen molar-refractivity contribution in [3.8, 4) is 11.8 Å². The number of rotatable bonds is 4. The maximum absolute atomic E-state index is 13.7. The number of hydrogen-bond acceptors (Lipinski definition) is 4. The van der Waals surface area contributed by atoms with E-state index in [0.29, 0.717) is 47.2 Å². The lowest BCUT2D eigenvalue weighted by Crippen LogP contribution is -2.44. The molecule has 1 aromatic carbocycles. The molecule has 1 saturated heterocycles. The number of hydrogen-bond donors (Lipinski definition) is 1. The van der Waals surface area contributed by atoms with Crippen LogP contribution in [0.2, 0.25) is 5.02 Å². The SMILES string of the molecule is Cc1ccc(C(=O)N(c2cc(C#CC(C)(C)C)sc2C(=O)O)C2CCOCC2)c(Cl)c1. The Hall–Kier alpha value is -2.33. The Balaban J connectivity index is 2.12. The zero-order chi connectivity index (χ0) is 22.8. The third kappa shape index (κ3) is 5.68. The minimum atomic E-state index is -1.08. The van der Waals surface area contributed by atoms with E-state index >= 15 is 0 Å². The molecule has 1 amide bonds. The first-order chi connectivity index (χ1) is 14.6. The molecule has 0 bridgehead atoms. The maximum Gasteiger partial charge on any atom is 0.348 e. The molecule has 1 aromatic heterocycles. The zero-order valence-corrected chi connectivity index (χ0v) is 19.7. The highest BCUT2D eigenvalue weighted by Crippen LogP contribution is 2.35. The molecule has 0 saturated carbocycles. The van der Waals surface area contributed by atoms with Crippen molar-refractivity contribution < 1.29 is 19.4 Å². The average molecular weight is 460 g/mol. The maximum atomic E-state index is 13.7. The molecule has 0 aliphatic carbocycles. The van der Waals surface area contributed by atoms with Crippen molar-refractivity contribution in [2.24, 2.45) is 5.41 Å². The second-order valence-electron chi connectivity index (χ2n) is 8.63. The molecular formula is C24H26ClNO4S. The molecule has 2 heterocycles. The van der Waals surface area contributed by atoms with Crippen LogP contribution in [0.15, 0.2) is 24.3 Å². The van der Waals surface area contributed by atoms with Crippen LogP contribution in [0.5, 0.6) is 0 Å². The minimum Gasteiger partial charge on any atom is -0.477 e. The molecule has 0 atom stereocenters. The molecule has 5 nitrogen and oxygen atoms in total. The van der Waals surface area contributed by atoms with Gasteiger partial charge in [0, 0.05) is 24.7 Å². The summed E-state index contributed by atoms with van der Waals surface area (Å²) in [7, 11) is 0. The first-order valence-corrected chi connectivity index (χ1v) is 11.3. The normalized spacial score (nSPS) is 14.6. The largest absolute Gasteiger partial charge is 0.477 e. The summed E-state index contributed by atoms with van der Waals surface area (Å²) in [5, 5.41) is 10.2. The van der Waals surface area contributed by atoms with Crippen molar-refractivity contribution in [2.45, 2.75) is 46.6 Å². The van der Waals surface area contributed by atoms with Crippen molar-refractivity contribution in [3.05, 3.63) is 50.2 Å². The molecule has 3 rings (SSSR count). The summed E-state index contributed by atoms with van der Waals surface area (Å²) in [6, 6.07) is 6.78. The molecule has 0 radical (unpaired) electrons. The summed E-state index contributed by atoms with van der Waals surface area (Å²) in [5.74, 6) is 4.81. The highest BCUT2D eigenvalue weighted by molar-refractivity contribution is 7.15. The van der Waals surface area contributed by atoms with Gasteiger partial charge in [-0.1, -0.05) is 29.5 Å². The van der Waals surface area contributed by atoms with E-state index in [2.05, 4.69) is 11.8 Å². The van der Waals surface area contributed by atoms with Gasteiger partial charge in [-0.2, -0.15) is 0 Å². The number of carboxylic acid groups (broad SMARTS) is 1. The highest BCUT2D eigenvalue weighted by Gasteiger charge is 2.33. The average Bonchev–Trinajstić information content (AvgIpc) is 3.11. The summed E-state index contributed by atoms with van der Waals surface area (Å²) in [6.07, 6.45) is 1.24. The van der Waals surface area contributed by atoms with Crippen molar-refractivity contribution in [2.75, 3.05) is 18.1 Å². The van der Waals surface area contributed by atoms with E-state index in [9.17, 15) is 14.7 Å². The Morgan fingerprint density at radius 2 is 1.90 bits per heavy atom. The van der Waals surface area contributed by atoms with Gasteiger partial charge in [0.15, 0.2) is 0 Å². The first kappa shape index (κ1) is 23.3. The number of aryl methyl sites for hydroxylation is 1. The van der Waals surface area contributed by atoms with Crippen LogP contribution < -0.4 is 4.90 Å². The van der Waals surface area contributed by atoms with E-state index in [1.54, 1.807) is 23.1 Å². The fourth-order valence-electron chi connectivity index (χ4n) is 3.36. The Morgan fingerprint density at radius 1 is 1.23 bits per heavy atom. The third-order valence-electron chi connectivity index (χ3n) is 4.86. The lowest BCUT2D eigenvalue weighted by atomic mass is 9.98. The van der Waals surface area contributed by atoms with Crippen molar-refractivity contribution in [1.29, 1.82) is 0 Å². The smallest absolute Gasteiger partial charge is 0.348 e. The van der Waals surface area contributed by atoms with Gasteiger partial charge in [-0.15, -0.1) is 11.3 Å². The number of carbonyl (C=O) groups excluding carboxylic acids is 1. The molecule has 1 aliphatic rings. The van der Waals surface area contributed by atoms with Crippen molar-refractivity contribution in [1.82, 2.24) is 0 Å². The standard InChI is InChI=1S/C24H26ClNO4S/c1-15-5-6-18(19(25)13-15)22(27)26(16-8-11-30-12-9-16)20-14-17(7-10-24(2,3)4)31-21(20)23(28)29/h5-6,13-14,16H,8-9,11-12H2,1-4H3,(H,28,29). The van der Waals surface area contributed by atoms with Crippen LogP contribution in [-0.4, -0.2) is 36.2 Å². The number of halogens is 1. The van der Waals surface area contributed by atoms with E-state index in [1.807, 2.05) is 33.8 Å². The number of anilines is 1. The molecule has 164 valence electrons. The van der Waals surface area contributed by atoms with Gasteiger partial charge in [-0.05, 0) is 64.3 Å². The first-order valence-electron chi connectivity index (χ1n) is 10.1. The van der Waals surface area contributed by atoms with Crippen LogP contribution >= 0.6 is 22.9 Å². The fraction of sp³-hybridized carbons (Fsp3) is 0.417. The molecule has 31 heavy (non-hydrogen) atoms. The number of aromatic carboxylic acids is 1. The van der Waals surface area contributed by atoms with E-state index in [1.165, 1.54) is 0 Å². The Bertz CT molecular complexity index is 1050. The van der Waals surface area contributed by atoms with Crippen LogP contribution in [0.3, 0.4) is 0 Å². The summed E-state index contributed by atoms with van der Waals surface area (Å²) in [4.78, 5) is 28.0. The zero-order valence-electron chi connectivity index (χ0n) is 18.1. The van der Waals surface area contributed by atoms with Crippen LogP contribution in [0, 0.1) is 24.2 Å². The quantitative estimate of drug-likeness (QED) is 0.601. The number of carbonyl (C=O) groups is 2. The van der Waals surface area contributed by atoms with Gasteiger partial charge in [-0.3, -0.25) is 4.79 Å². The van der Waals surface area contributed by atoms with E-state index in [0.717, 1.165) is 16.9 Å². The number of amides is 1. The Labute approximate surface area is 192 Å².